The van der Waals surface area contributed by atoms with Crippen molar-refractivity contribution in [3.05, 3.63) is 65.2 Å². The summed E-state index contributed by atoms with van der Waals surface area (Å²) in [5, 5.41) is 3.65. The summed E-state index contributed by atoms with van der Waals surface area (Å²) in [5.74, 6) is 0.401. The monoisotopic (exact) mass is 339 g/mol. The lowest BCUT2D eigenvalue weighted by Gasteiger charge is -2.26. The second-order valence-electron chi connectivity index (χ2n) is 6.33. The maximum absolute atomic E-state index is 11.4. The Morgan fingerprint density at radius 2 is 2.00 bits per heavy atom. The zero-order chi connectivity index (χ0) is 17.5. The first kappa shape index (κ1) is 17.5. The molecule has 1 unspecified atom stereocenters. The Bertz CT molecular complexity index is 700. The smallest absolute Gasteiger partial charge is 0.344 e. The Kier molecular flexibility index (Phi) is 6.07. The number of esters is 1. The normalized spacial score (nSPS) is 16.1. The van der Waals surface area contributed by atoms with E-state index in [0.29, 0.717) is 12.6 Å². The predicted octanol–water partition coefficient (Wildman–Crippen LogP) is 3.28. The highest BCUT2D eigenvalue weighted by molar-refractivity contribution is 5.71. The molecule has 0 bridgehead atoms. The summed E-state index contributed by atoms with van der Waals surface area (Å²) in [5.41, 5.74) is 3.99. The van der Waals surface area contributed by atoms with Crippen LogP contribution in [0.3, 0.4) is 0 Å². The third-order valence-corrected chi connectivity index (χ3v) is 4.51. The van der Waals surface area contributed by atoms with Gasteiger partial charge in [-0.2, -0.15) is 0 Å². The van der Waals surface area contributed by atoms with Crippen molar-refractivity contribution >= 4 is 5.97 Å². The molecule has 0 spiro atoms. The Balaban J connectivity index is 1.56. The van der Waals surface area contributed by atoms with Crippen LogP contribution in [0.1, 0.15) is 30.0 Å². The molecule has 0 heterocycles. The maximum Gasteiger partial charge on any atom is 0.344 e. The van der Waals surface area contributed by atoms with Gasteiger partial charge in [-0.15, -0.1) is 0 Å². The maximum atomic E-state index is 11.4. The first-order chi connectivity index (χ1) is 12.2. The van der Waals surface area contributed by atoms with Gasteiger partial charge in [0.1, 0.15) is 5.75 Å². The highest BCUT2D eigenvalue weighted by atomic mass is 16.6. The van der Waals surface area contributed by atoms with Crippen LogP contribution in [0.15, 0.2) is 48.5 Å². The third kappa shape index (κ3) is 5.07. The molecular weight excluding hydrogens is 314 g/mol. The molecule has 4 heteroatoms. The van der Waals surface area contributed by atoms with E-state index in [2.05, 4.69) is 41.7 Å². The lowest BCUT2D eigenvalue weighted by atomic mass is 9.88. The van der Waals surface area contributed by atoms with Crippen LogP contribution >= 0.6 is 0 Å². The summed E-state index contributed by atoms with van der Waals surface area (Å²) in [6.45, 7) is 3.02. The lowest BCUT2D eigenvalue weighted by Crippen LogP contribution is -2.34. The molecule has 1 N–H and O–H groups in total. The van der Waals surface area contributed by atoms with E-state index in [1.54, 1.807) is 6.92 Å². The molecule has 1 aliphatic rings. The molecule has 0 saturated heterocycles. The molecule has 25 heavy (non-hydrogen) atoms. The van der Waals surface area contributed by atoms with Crippen LogP contribution in [0.2, 0.25) is 0 Å². The number of nitrogens with one attached hydrogen (secondary N) is 1. The molecule has 2 aromatic rings. The first-order valence-corrected chi connectivity index (χ1v) is 8.92. The molecule has 0 saturated carbocycles. The average molecular weight is 339 g/mol. The van der Waals surface area contributed by atoms with E-state index < -0.39 is 0 Å². The van der Waals surface area contributed by atoms with Gasteiger partial charge in [-0.1, -0.05) is 36.4 Å². The number of hydrogen-bond acceptors (Lipinski definition) is 4. The van der Waals surface area contributed by atoms with Gasteiger partial charge in [-0.25, -0.2) is 4.79 Å². The highest BCUT2D eigenvalue weighted by Crippen LogP contribution is 2.26. The van der Waals surface area contributed by atoms with E-state index in [1.807, 2.05) is 12.1 Å². The Morgan fingerprint density at radius 3 is 2.80 bits per heavy atom. The average Bonchev–Trinajstić information content (AvgIpc) is 2.65. The number of benzene rings is 2. The fourth-order valence-electron chi connectivity index (χ4n) is 3.20. The van der Waals surface area contributed by atoms with E-state index in [1.165, 1.54) is 16.7 Å². The standard InChI is InChI=1S/C21H25NO3/c1-2-24-21(23)15-25-20-11-9-17-8-10-19(12-18(17)13-20)22-14-16-6-4-3-5-7-16/h3-7,9,11,13,19,22H,2,8,10,12,14-15H2,1H3. The van der Waals surface area contributed by atoms with Gasteiger partial charge in [0, 0.05) is 12.6 Å². The third-order valence-electron chi connectivity index (χ3n) is 4.51. The van der Waals surface area contributed by atoms with Gasteiger partial charge in [-0.3, -0.25) is 0 Å². The number of ether oxygens (including phenoxy) is 2. The van der Waals surface area contributed by atoms with Crippen molar-refractivity contribution < 1.29 is 14.3 Å². The SMILES string of the molecule is CCOC(=O)COc1ccc2c(c1)CC(NCc1ccccc1)CC2. The number of rotatable bonds is 7. The minimum atomic E-state index is -0.331. The van der Waals surface area contributed by atoms with Gasteiger partial charge >= 0.3 is 5.97 Å². The number of hydrogen-bond donors (Lipinski definition) is 1. The molecule has 132 valence electrons. The van der Waals surface area contributed by atoms with Crippen LogP contribution in [0.25, 0.3) is 0 Å². The topological polar surface area (TPSA) is 47.6 Å². The summed E-state index contributed by atoms with van der Waals surface area (Å²) in [7, 11) is 0. The van der Waals surface area contributed by atoms with Crippen LogP contribution in [-0.2, 0) is 28.9 Å². The van der Waals surface area contributed by atoms with E-state index in [-0.39, 0.29) is 12.6 Å². The summed E-state index contributed by atoms with van der Waals surface area (Å²) in [6, 6.07) is 17.0. The second-order valence-corrected chi connectivity index (χ2v) is 6.33. The van der Waals surface area contributed by atoms with Crippen molar-refractivity contribution in [1.82, 2.24) is 5.32 Å². The minimum Gasteiger partial charge on any atom is -0.482 e. The van der Waals surface area contributed by atoms with E-state index >= 15 is 0 Å². The van der Waals surface area contributed by atoms with E-state index in [4.69, 9.17) is 9.47 Å². The molecule has 3 rings (SSSR count). The van der Waals surface area contributed by atoms with Crippen LogP contribution < -0.4 is 10.1 Å². The molecule has 1 aliphatic carbocycles. The molecule has 0 amide bonds. The molecular formula is C21H25NO3. The minimum absolute atomic E-state index is 0.0394. The summed E-state index contributed by atoms with van der Waals surface area (Å²) >= 11 is 0. The molecule has 4 nitrogen and oxygen atoms in total. The first-order valence-electron chi connectivity index (χ1n) is 8.92. The van der Waals surface area contributed by atoms with Gasteiger partial charge in [-0.05, 0) is 55.0 Å². The summed E-state index contributed by atoms with van der Waals surface area (Å²) in [4.78, 5) is 11.4. The van der Waals surface area contributed by atoms with Crippen molar-refractivity contribution in [3.8, 4) is 5.75 Å². The lowest BCUT2D eigenvalue weighted by molar-refractivity contribution is -0.145. The van der Waals surface area contributed by atoms with Gasteiger partial charge in [0.25, 0.3) is 0 Å². The number of aryl methyl sites for hydroxylation is 1. The van der Waals surface area contributed by atoms with Crippen LogP contribution in [0.5, 0.6) is 5.75 Å². The molecule has 0 aromatic heterocycles. The van der Waals surface area contributed by atoms with Crippen molar-refractivity contribution in [2.24, 2.45) is 0 Å². The van der Waals surface area contributed by atoms with Crippen LogP contribution in [0, 0.1) is 0 Å². The predicted molar refractivity (Wildman–Crippen MR) is 97.7 cm³/mol. The van der Waals surface area contributed by atoms with Gasteiger partial charge < -0.3 is 14.8 Å². The molecule has 2 aromatic carbocycles. The van der Waals surface area contributed by atoms with Crippen molar-refractivity contribution in [3.63, 3.8) is 0 Å². The van der Waals surface area contributed by atoms with Gasteiger partial charge in [0.2, 0.25) is 0 Å². The fraction of sp³-hybridized carbons (Fsp3) is 0.381. The van der Waals surface area contributed by atoms with Gasteiger partial charge in [0.05, 0.1) is 6.61 Å². The quantitative estimate of drug-likeness (QED) is 0.787. The largest absolute Gasteiger partial charge is 0.482 e. The molecule has 0 aliphatic heterocycles. The van der Waals surface area contributed by atoms with E-state index in [9.17, 15) is 4.79 Å². The fourth-order valence-corrected chi connectivity index (χ4v) is 3.20. The number of carbonyl (C=O) groups is 1. The van der Waals surface area contributed by atoms with E-state index in [0.717, 1.165) is 31.6 Å². The zero-order valence-corrected chi connectivity index (χ0v) is 14.7. The second kappa shape index (κ2) is 8.67. The highest BCUT2D eigenvalue weighted by Gasteiger charge is 2.19. The molecule has 1 atom stereocenters. The number of fused-ring (bicyclic) bond motifs is 1. The van der Waals surface area contributed by atoms with Gasteiger partial charge in [0.15, 0.2) is 6.61 Å². The summed E-state index contributed by atoms with van der Waals surface area (Å²) < 4.78 is 10.4. The zero-order valence-electron chi connectivity index (χ0n) is 14.7. The van der Waals surface area contributed by atoms with Crippen molar-refractivity contribution in [2.45, 2.75) is 38.8 Å². The molecule has 0 fully saturated rings. The van der Waals surface area contributed by atoms with Crippen molar-refractivity contribution in [2.75, 3.05) is 13.2 Å². The van der Waals surface area contributed by atoms with Crippen molar-refractivity contribution in [1.29, 1.82) is 0 Å². The Labute approximate surface area is 149 Å². The number of carbonyl (C=O) groups excluding carboxylic acids is 1. The summed E-state index contributed by atoms with van der Waals surface area (Å²) in [6.07, 6.45) is 3.20. The Morgan fingerprint density at radius 1 is 1.16 bits per heavy atom. The van der Waals surface area contributed by atoms with Crippen LogP contribution in [0.4, 0.5) is 0 Å². The van der Waals surface area contributed by atoms with Crippen LogP contribution in [-0.4, -0.2) is 25.2 Å². The Hall–Kier alpha value is -2.33. The molecule has 0 radical (unpaired) electrons.